The Morgan fingerprint density at radius 3 is 2.34 bits per heavy atom. The quantitative estimate of drug-likeness (QED) is 0.299. The Morgan fingerprint density at radius 2 is 1.68 bits per heavy atom. The fourth-order valence-corrected chi connectivity index (χ4v) is 10.3. The molecule has 38 heavy (non-hydrogen) atoms. The summed E-state index contributed by atoms with van der Waals surface area (Å²) in [6, 6.07) is 2.20. The lowest BCUT2D eigenvalue weighted by molar-refractivity contribution is -0.188. The number of hydrogen-bond acceptors (Lipinski definition) is 5. The molecule has 0 aromatic rings. The van der Waals surface area contributed by atoms with Crippen LogP contribution in [-0.4, -0.2) is 32.1 Å². The van der Waals surface area contributed by atoms with Gasteiger partial charge in [-0.2, -0.15) is 5.26 Å². The van der Waals surface area contributed by atoms with Crippen molar-refractivity contribution in [3.63, 3.8) is 0 Å². The van der Waals surface area contributed by atoms with Gasteiger partial charge in [-0.25, -0.2) is 0 Å². The number of nitrogens with zero attached hydrogens (tertiary/aromatic N) is 1. The Labute approximate surface area is 229 Å². The van der Waals surface area contributed by atoms with Crippen molar-refractivity contribution in [2.24, 2.45) is 50.2 Å². The van der Waals surface area contributed by atoms with E-state index in [0.29, 0.717) is 6.61 Å². The predicted octanol–water partition coefficient (Wildman–Crippen LogP) is 6.83. The number of Topliss-reactive ketones (excluding diaryl/α,β-unsaturated/α-hetero) is 1. The summed E-state index contributed by atoms with van der Waals surface area (Å²) in [6.45, 7) is 16.6. The number of ketones is 2. The van der Waals surface area contributed by atoms with Crippen LogP contribution in [0.3, 0.4) is 0 Å². The molecule has 208 valence electrons. The fourth-order valence-electron chi connectivity index (χ4n) is 10.3. The third-order valence-electron chi connectivity index (χ3n) is 12.6. The molecule has 0 bridgehead atoms. The van der Waals surface area contributed by atoms with Gasteiger partial charge in [0.1, 0.15) is 12.9 Å². The zero-order valence-electron chi connectivity index (χ0n) is 24.8. The number of nitriles is 1. The van der Waals surface area contributed by atoms with Crippen molar-refractivity contribution < 1.29 is 19.1 Å². The number of rotatable bonds is 4. The van der Waals surface area contributed by atoms with Crippen LogP contribution in [0.4, 0.5) is 0 Å². The van der Waals surface area contributed by atoms with Crippen molar-refractivity contribution in [3.05, 3.63) is 23.3 Å². The zero-order valence-corrected chi connectivity index (χ0v) is 24.8. The van der Waals surface area contributed by atoms with Crippen molar-refractivity contribution in [1.29, 1.82) is 5.26 Å². The van der Waals surface area contributed by atoms with Gasteiger partial charge in [0.25, 0.3) is 0 Å². The van der Waals surface area contributed by atoms with Crippen molar-refractivity contribution in [2.75, 3.05) is 20.5 Å². The highest BCUT2D eigenvalue weighted by atomic mass is 16.7. The molecule has 0 aliphatic heterocycles. The number of hydrogen-bond donors (Lipinski definition) is 0. The number of allylic oxidation sites excluding steroid dienone is 4. The highest BCUT2D eigenvalue weighted by Crippen LogP contribution is 2.74. The van der Waals surface area contributed by atoms with Crippen LogP contribution < -0.4 is 0 Å². The standard InChI is InChI=1S/C33H47NO4/c1-28(2)11-13-33(19-38-20-37-8)14-12-32(7)26(22(33)17-28)23(35)15-25-30(5)16-21(18-34)27(36)29(3,4)24(30)9-10-31(25,32)6/h15-16,22,24,26H,9-14,17,19-20H2,1-8H3/t22-,24-,26-,30-,31+,32+,33+/m0/s1. The van der Waals surface area contributed by atoms with Crippen molar-refractivity contribution in [1.82, 2.24) is 0 Å². The number of fused-ring (bicyclic) bond motifs is 7. The number of carbonyl (C=O) groups is 2. The van der Waals surface area contributed by atoms with E-state index >= 15 is 0 Å². The lowest BCUT2D eigenvalue weighted by Crippen LogP contribution is -2.65. The first-order valence-electron chi connectivity index (χ1n) is 14.6. The Morgan fingerprint density at radius 1 is 1.00 bits per heavy atom. The summed E-state index contributed by atoms with van der Waals surface area (Å²) in [5, 5.41) is 9.90. The average Bonchev–Trinajstić information content (AvgIpc) is 2.83. The molecule has 0 unspecified atom stereocenters. The summed E-state index contributed by atoms with van der Waals surface area (Å²) < 4.78 is 11.3. The Kier molecular flexibility index (Phi) is 6.30. The molecule has 5 rings (SSSR count). The number of carbonyl (C=O) groups excluding carboxylic acids is 2. The summed E-state index contributed by atoms with van der Waals surface area (Å²) in [5.74, 6) is 0.492. The first kappa shape index (κ1) is 27.8. The molecule has 5 aliphatic carbocycles. The van der Waals surface area contributed by atoms with Gasteiger partial charge in [0, 0.05) is 23.9 Å². The molecule has 5 nitrogen and oxygen atoms in total. The smallest absolute Gasteiger partial charge is 0.178 e. The number of methoxy groups -OCH3 is 1. The molecule has 7 atom stereocenters. The van der Waals surface area contributed by atoms with Gasteiger partial charge in [0.05, 0.1) is 12.2 Å². The minimum absolute atomic E-state index is 0.00379. The molecule has 0 saturated heterocycles. The highest BCUT2D eigenvalue weighted by Gasteiger charge is 2.69. The summed E-state index contributed by atoms with van der Waals surface area (Å²) in [6.07, 6.45) is 11.1. The van der Waals surface area contributed by atoms with Crippen LogP contribution in [0.15, 0.2) is 23.3 Å². The van der Waals surface area contributed by atoms with Crippen molar-refractivity contribution in [2.45, 2.75) is 93.4 Å². The van der Waals surface area contributed by atoms with Crippen LogP contribution in [-0.2, 0) is 19.1 Å². The molecule has 0 radical (unpaired) electrons. The monoisotopic (exact) mass is 521 g/mol. The van der Waals surface area contributed by atoms with E-state index in [1.54, 1.807) is 7.11 Å². The van der Waals surface area contributed by atoms with Crippen LogP contribution in [0.25, 0.3) is 0 Å². The van der Waals surface area contributed by atoms with Crippen LogP contribution in [0.1, 0.15) is 93.4 Å². The van der Waals surface area contributed by atoms with E-state index in [9.17, 15) is 14.9 Å². The third kappa shape index (κ3) is 3.55. The van der Waals surface area contributed by atoms with Gasteiger partial charge in [-0.15, -0.1) is 0 Å². The van der Waals surface area contributed by atoms with Gasteiger partial charge in [-0.3, -0.25) is 9.59 Å². The molecule has 0 N–H and O–H groups in total. The first-order chi connectivity index (χ1) is 17.6. The second kappa shape index (κ2) is 8.61. The fraction of sp³-hybridized carbons (Fsp3) is 0.788. The Bertz CT molecular complexity index is 1160. The SMILES string of the molecule is COCOC[C@]12CCC(C)(C)C[C@H]1[C@H]1C(=O)C=C3[C@@]4(C)C=C(C#N)C(=O)C(C)(C)[C@@H]4CC[C@@]3(C)[C@]1(C)CC2. The molecule has 0 heterocycles. The molecule has 3 saturated carbocycles. The molecule has 0 spiro atoms. The summed E-state index contributed by atoms with van der Waals surface area (Å²) >= 11 is 0. The molecule has 5 aliphatic rings. The van der Waals surface area contributed by atoms with Crippen LogP contribution >= 0.6 is 0 Å². The van der Waals surface area contributed by atoms with Crippen LogP contribution in [0, 0.1) is 61.6 Å². The second-order valence-electron chi connectivity index (χ2n) is 15.4. The Hall–Kier alpha value is -1.77. The maximum atomic E-state index is 14.5. The van der Waals surface area contributed by atoms with E-state index in [-0.39, 0.29) is 63.3 Å². The molecule has 3 fully saturated rings. The van der Waals surface area contributed by atoms with Crippen LogP contribution in [0.5, 0.6) is 0 Å². The van der Waals surface area contributed by atoms with Gasteiger partial charge >= 0.3 is 0 Å². The average molecular weight is 522 g/mol. The molecule has 5 heteroatoms. The van der Waals surface area contributed by atoms with Crippen molar-refractivity contribution >= 4 is 11.6 Å². The third-order valence-corrected chi connectivity index (χ3v) is 12.6. The Balaban J connectivity index is 1.65. The first-order valence-corrected chi connectivity index (χ1v) is 14.6. The minimum atomic E-state index is -0.634. The molecule has 0 aromatic heterocycles. The summed E-state index contributed by atoms with van der Waals surface area (Å²) in [5.41, 5.74) is 0.140. The molecular weight excluding hydrogens is 474 g/mol. The normalized spacial score (nSPS) is 45.0. The van der Waals surface area contributed by atoms with E-state index in [1.165, 1.54) is 0 Å². The van der Waals surface area contributed by atoms with E-state index in [2.05, 4.69) is 40.7 Å². The predicted molar refractivity (Wildman–Crippen MR) is 147 cm³/mol. The van der Waals surface area contributed by atoms with Crippen LogP contribution in [0.2, 0.25) is 0 Å². The van der Waals surface area contributed by atoms with Gasteiger partial charge in [-0.1, -0.05) is 60.1 Å². The van der Waals surface area contributed by atoms with E-state index in [4.69, 9.17) is 9.47 Å². The van der Waals surface area contributed by atoms with E-state index in [1.807, 2.05) is 26.0 Å². The molecule has 0 amide bonds. The largest absolute Gasteiger partial charge is 0.359 e. The van der Waals surface area contributed by atoms with Crippen molar-refractivity contribution in [3.8, 4) is 6.07 Å². The maximum absolute atomic E-state index is 14.5. The lowest BCUT2D eigenvalue weighted by atomic mass is 9.34. The molecular formula is C33H47NO4. The second-order valence-corrected chi connectivity index (χ2v) is 15.4. The highest BCUT2D eigenvalue weighted by molar-refractivity contribution is 6.04. The summed E-state index contributed by atoms with van der Waals surface area (Å²) in [7, 11) is 1.66. The minimum Gasteiger partial charge on any atom is -0.359 e. The lowest BCUT2D eigenvalue weighted by Gasteiger charge is -2.69. The van der Waals surface area contributed by atoms with E-state index in [0.717, 1.165) is 50.5 Å². The summed E-state index contributed by atoms with van der Waals surface area (Å²) in [4.78, 5) is 27.7. The van der Waals surface area contributed by atoms with Gasteiger partial charge in [0.2, 0.25) is 0 Å². The van der Waals surface area contributed by atoms with Gasteiger partial charge < -0.3 is 9.47 Å². The number of ether oxygens (including phenoxy) is 2. The van der Waals surface area contributed by atoms with E-state index < -0.39 is 10.8 Å². The topological polar surface area (TPSA) is 76.4 Å². The van der Waals surface area contributed by atoms with Gasteiger partial charge in [-0.05, 0) is 84.5 Å². The zero-order chi connectivity index (χ0) is 27.9. The molecule has 0 aromatic carbocycles. The maximum Gasteiger partial charge on any atom is 0.178 e. The van der Waals surface area contributed by atoms with Gasteiger partial charge in [0.15, 0.2) is 11.6 Å².